The lowest BCUT2D eigenvalue weighted by Gasteiger charge is -2.12. The Hall–Kier alpha value is -2.43. The topological polar surface area (TPSA) is 26.3 Å². The lowest BCUT2D eigenvalue weighted by atomic mass is 10.1. The molecule has 0 fully saturated rings. The molecule has 0 radical (unpaired) electrons. The van der Waals surface area contributed by atoms with E-state index in [0.717, 1.165) is 21.5 Å². The molecular formula is C20H14O2S2. The van der Waals surface area contributed by atoms with E-state index in [-0.39, 0.29) is 0 Å². The van der Waals surface area contributed by atoms with Gasteiger partial charge in [0.1, 0.15) is 5.75 Å². The van der Waals surface area contributed by atoms with Gasteiger partial charge in [0.05, 0.1) is 4.90 Å². The zero-order valence-corrected chi connectivity index (χ0v) is 14.3. The van der Waals surface area contributed by atoms with E-state index in [4.69, 9.17) is 15.4 Å². The van der Waals surface area contributed by atoms with Gasteiger partial charge in [-0.1, -0.05) is 66.7 Å². The fourth-order valence-electron chi connectivity index (χ4n) is 2.80. The van der Waals surface area contributed by atoms with Crippen molar-refractivity contribution >= 4 is 41.5 Å². The second-order valence-electron chi connectivity index (χ2n) is 5.52. The Labute approximate surface area is 145 Å². The number of hydrogen-bond donors (Lipinski definition) is 0. The molecule has 1 atom stereocenters. The quantitative estimate of drug-likeness (QED) is 0.515. The third kappa shape index (κ3) is 2.75. The van der Waals surface area contributed by atoms with Gasteiger partial charge in [0.15, 0.2) is 0 Å². The van der Waals surface area contributed by atoms with Gasteiger partial charge in [0, 0.05) is 16.6 Å². The summed E-state index contributed by atoms with van der Waals surface area (Å²) < 4.78 is 18.8. The summed E-state index contributed by atoms with van der Waals surface area (Å²) in [7, 11) is -3.08. The highest BCUT2D eigenvalue weighted by Gasteiger charge is 2.16. The van der Waals surface area contributed by atoms with Gasteiger partial charge in [-0.3, -0.25) is 0 Å². The van der Waals surface area contributed by atoms with Crippen LogP contribution in [-0.2, 0) is 20.0 Å². The van der Waals surface area contributed by atoms with Crippen LogP contribution in [0.4, 0.5) is 0 Å². The first-order chi connectivity index (χ1) is 11.6. The summed E-state index contributed by atoms with van der Waals surface area (Å²) in [6, 6.07) is 26.9. The van der Waals surface area contributed by atoms with Gasteiger partial charge in [-0.15, -0.1) is 0 Å². The molecule has 0 heterocycles. The van der Waals surface area contributed by atoms with E-state index in [0.29, 0.717) is 10.6 Å². The highest BCUT2D eigenvalue weighted by molar-refractivity contribution is 8.30. The van der Waals surface area contributed by atoms with Crippen LogP contribution in [0.3, 0.4) is 0 Å². The monoisotopic (exact) mass is 350 g/mol. The normalized spacial score (nSPS) is 13.7. The third-order valence-electron chi connectivity index (χ3n) is 3.95. The van der Waals surface area contributed by atoms with Gasteiger partial charge < -0.3 is 4.18 Å². The lowest BCUT2D eigenvalue weighted by Crippen LogP contribution is -2.08. The first-order valence-corrected chi connectivity index (χ1v) is 9.95. The highest BCUT2D eigenvalue weighted by atomic mass is 32.8. The molecule has 118 valence electrons. The van der Waals surface area contributed by atoms with E-state index in [1.54, 1.807) is 12.1 Å². The zero-order valence-electron chi connectivity index (χ0n) is 12.7. The Morgan fingerprint density at radius 1 is 0.708 bits per heavy atom. The van der Waals surface area contributed by atoms with Crippen molar-refractivity contribution in [2.24, 2.45) is 0 Å². The third-order valence-corrected chi connectivity index (χ3v) is 6.00. The van der Waals surface area contributed by atoms with E-state index in [1.165, 1.54) is 0 Å². The van der Waals surface area contributed by atoms with Gasteiger partial charge >= 0.3 is 0 Å². The number of hydrogen-bond acceptors (Lipinski definition) is 3. The molecule has 0 aliphatic rings. The van der Waals surface area contributed by atoms with Gasteiger partial charge in [-0.05, 0) is 34.4 Å². The molecule has 4 aromatic rings. The number of benzene rings is 4. The average Bonchev–Trinajstić information content (AvgIpc) is 2.61. The van der Waals surface area contributed by atoms with Crippen molar-refractivity contribution in [2.75, 3.05) is 0 Å². The smallest absolute Gasteiger partial charge is 0.216 e. The van der Waals surface area contributed by atoms with Crippen LogP contribution in [0.1, 0.15) is 0 Å². The van der Waals surface area contributed by atoms with Crippen molar-refractivity contribution in [1.29, 1.82) is 0 Å². The van der Waals surface area contributed by atoms with Crippen molar-refractivity contribution in [2.45, 2.75) is 4.90 Å². The van der Waals surface area contributed by atoms with E-state index in [9.17, 15) is 4.21 Å². The Morgan fingerprint density at radius 3 is 2.21 bits per heavy atom. The van der Waals surface area contributed by atoms with Crippen LogP contribution >= 0.6 is 0 Å². The Balaban J connectivity index is 1.79. The first-order valence-electron chi connectivity index (χ1n) is 7.54. The highest BCUT2D eigenvalue weighted by Crippen LogP contribution is 2.28. The summed E-state index contributed by atoms with van der Waals surface area (Å²) in [6.45, 7) is 0. The van der Waals surface area contributed by atoms with Crippen molar-refractivity contribution in [3.8, 4) is 5.75 Å². The fourth-order valence-corrected chi connectivity index (χ4v) is 4.62. The first kappa shape index (κ1) is 15.1. The van der Waals surface area contributed by atoms with Crippen molar-refractivity contribution in [3.05, 3.63) is 84.9 Å². The summed E-state index contributed by atoms with van der Waals surface area (Å²) >= 11 is 5.35. The molecule has 0 bridgehead atoms. The van der Waals surface area contributed by atoms with Crippen LogP contribution in [0.5, 0.6) is 5.75 Å². The second kappa shape index (κ2) is 5.89. The Kier molecular flexibility index (Phi) is 3.71. The molecule has 0 aromatic heterocycles. The Morgan fingerprint density at radius 2 is 1.38 bits per heavy atom. The van der Waals surface area contributed by atoms with E-state index in [2.05, 4.69) is 0 Å². The van der Waals surface area contributed by atoms with Crippen molar-refractivity contribution in [3.63, 3.8) is 0 Å². The molecule has 0 aliphatic heterocycles. The molecule has 0 spiro atoms. The van der Waals surface area contributed by atoms with Crippen LogP contribution in [0, 0.1) is 0 Å². The largest absolute Gasteiger partial charge is 0.397 e. The molecule has 4 aromatic carbocycles. The molecule has 0 amide bonds. The summed E-state index contributed by atoms with van der Waals surface area (Å²) in [5, 5.41) is 3.99. The summed E-state index contributed by atoms with van der Waals surface area (Å²) in [5.74, 6) is 0.515. The van der Waals surface area contributed by atoms with E-state index >= 15 is 0 Å². The maximum absolute atomic E-state index is 13.1. The predicted octanol–water partition coefficient (Wildman–Crippen LogP) is 5.09. The number of fused-ring (bicyclic) bond motifs is 2. The van der Waals surface area contributed by atoms with Gasteiger partial charge in [0.25, 0.3) is 0 Å². The minimum Gasteiger partial charge on any atom is -0.397 e. The predicted molar refractivity (Wildman–Crippen MR) is 102 cm³/mol. The van der Waals surface area contributed by atoms with Crippen molar-refractivity contribution in [1.82, 2.24) is 0 Å². The molecule has 0 saturated carbocycles. The summed E-state index contributed by atoms with van der Waals surface area (Å²) in [4.78, 5) is 0.545. The van der Waals surface area contributed by atoms with Crippen LogP contribution < -0.4 is 4.18 Å². The van der Waals surface area contributed by atoms with Crippen LogP contribution in [-0.4, -0.2) is 4.21 Å². The minimum atomic E-state index is -3.08. The minimum absolute atomic E-state index is 0.515. The molecular weight excluding hydrogens is 336 g/mol. The Bertz CT molecular complexity index is 1140. The van der Waals surface area contributed by atoms with Gasteiger partial charge in [-0.25, -0.2) is 4.21 Å². The molecule has 0 saturated heterocycles. The SMILES string of the molecule is O=S(=S)(Oc1ccc2ccccc2c1)c1cccc2ccccc12. The van der Waals surface area contributed by atoms with E-state index < -0.39 is 8.77 Å². The maximum Gasteiger partial charge on any atom is 0.216 e. The molecule has 0 N–H and O–H groups in total. The molecule has 2 nitrogen and oxygen atoms in total. The van der Waals surface area contributed by atoms with Crippen LogP contribution in [0.2, 0.25) is 0 Å². The number of rotatable bonds is 3. The molecule has 4 heteroatoms. The maximum atomic E-state index is 13.1. The summed E-state index contributed by atoms with van der Waals surface area (Å²) in [5.41, 5.74) is 0. The van der Waals surface area contributed by atoms with Crippen LogP contribution in [0.25, 0.3) is 21.5 Å². The standard InChI is InChI=1S/C20H14O2S2/c21-24(23,20-11-5-9-16-7-3-4-10-19(16)20)22-18-13-12-15-6-1-2-8-17(15)14-18/h1-14H. The van der Waals surface area contributed by atoms with Crippen molar-refractivity contribution < 1.29 is 8.39 Å². The van der Waals surface area contributed by atoms with Crippen LogP contribution in [0.15, 0.2) is 89.8 Å². The molecule has 0 aliphatic carbocycles. The second-order valence-corrected chi connectivity index (χ2v) is 8.35. The molecule has 24 heavy (non-hydrogen) atoms. The van der Waals surface area contributed by atoms with Gasteiger partial charge in [-0.2, -0.15) is 0 Å². The lowest BCUT2D eigenvalue weighted by molar-refractivity contribution is 0.561. The zero-order chi connectivity index (χ0) is 16.6. The average molecular weight is 350 g/mol. The van der Waals surface area contributed by atoms with Gasteiger partial charge in [0.2, 0.25) is 8.77 Å². The molecule has 1 unspecified atom stereocenters. The molecule has 4 rings (SSSR count). The fraction of sp³-hybridized carbons (Fsp3) is 0. The summed E-state index contributed by atoms with van der Waals surface area (Å²) in [6.07, 6.45) is 0. The van der Waals surface area contributed by atoms with E-state index in [1.807, 2.05) is 72.8 Å².